The lowest BCUT2D eigenvalue weighted by atomic mass is 10.3. The lowest BCUT2D eigenvalue weighted by Crippen LogP contribution is -2.25. The molecule has 0 unspecified atom stereocenters. The van der Waals surface area contributed by atoms with Gasteiger partial charge in [-0.2, -0.15) is 5.10 Å². The molecule has 0 aliphatic carbocycles. The van der Waals surface area contributed by atoms with E-state index >= 15 is 0 Å². The second-order valence-corrected chi connectivity index (χ2v) is 3.41. The Morgan fingerprint density at radius 1 is 1.31 bits per heavy atom. The van der Waals surface area contributed by atoms with Crippen molar-refractivity contribution in [3.05, 3.63) is 47.1 Å². The van der Waals surface area contributed by atoms with Gasteiger partial charge >= 0.3 is 5.69 Å². The number of hydrogen-bond donors (Lipinski definition) is 0. The van der Waals surface area contributed by atoms with Crippen molar-refractivity contribution in [1.82, 2.24) is 14.3 Å². The smallest absolute Gasteiger partial charge is 0.345 e. The van der Waals surface area contributed by atoms with E-state index in [1.807, 2.05) is 30.3 Å². The van der Waals surface area contributed by atoms with Crippen molar-refractivity contribution in [2.24, 2.45) is 7.05 Å². The van der Waals surface area contributed by atoms with E-state index in [1.54, 1.807) is 7.05 Å². The maximum atomic E-state index is 11.4. The van der Waals surface area contributed by atoms with Crippen molar-refractivity contribution in [2.45, 2.75) is 6.54 Å². The van der Waals surface area contributed by atoms with Gasteiger partial charge in [0.1, 0.15) is 18.7 Å². The van der Waals surface area contributed by atoms with Crippen LogP contribution in [0.2, 0.25) is 0 Å². The maximum absolute atomic E-state index is 11.4. The summed E-state index contributed by atoms with van der Waals surface area (Å²) in [5.41, 5.74) is -0.128. The molecule has 0 bridgehead atoms. The van der Waals surface area contributed by atoms with Gasteiger partial charge in [0, 0.05) is 7.05 Å². The first-order valence-electron chi connectivity index (χ1n) is 5.03. The predicted molar refractivity (Wildman–Crippen MR) is 59.4 cm³/mol. The summed E-state index contributed by atoms with van der Waals surface area (Å²) in [4.78, 5) is 11.4. The zero-order valence-corrected chi connectivity index (χ0v) is 9.04. The van der Waals surface area contributed by atoms with Gasteiger partial charge in [0.15, 0.2) is 0 Å². The third-order valence-corrected chi connectivity index (χ3v) is 2.20. The molecule has 1 heterocycles. The summed E-state index contributed by atoms with van der Waals surface area (Å²) in [6, 6.07) is 9.49. The Morgan fingerprint density at radius 2 is 2.06 bits per heavy atom. The van der Waals surface area contributed by atoms with E-state index in [0.29, 0.717) is 13.2 Å². The minimum absolute atomic E-state index is 0.128. The molecule has 2 aromatic rings. The maximum Gasteiger partial charge on any atom is 0.345 e. The van der Waals surface area contributed by atoms with Crippen molar-refractivity contribution in [3.8, 4) is 5.75 Å². The second-order valence-electron chi connectivity index (χ2n) is 3.41. The minimum atomic E-state index is -0.128. The summed E-state index contributed by atoms with van der Waals surface area (Å²) in [6.07, 6.45) is 1.49. The number of rotatable bonds is 4. The second kappa shape index (κ2) is 4.65. The average molecular weight is 219 g/mol. The molecule has 0 atom stereocenters. The highest BCUT2D eigenvalue weighted by Gasteiger charge is 2.00. The third-order valence-electron chi connectivity index (χ3n) is 2.20. The topological polar surface area (TPSA) is 49.0 Å². The number of nitrogens with zero attached hydrogens (tertiary/aromatic N) is 3. The summed E-state index contributed by atoms with van der Waals surface area (Å²) in [6.45, 7) is 0.884. The molecule has 84 valence electrons. The van der Waals surface area contributed by atoms with Crippen molar-refractivity contribution in [2.75, 3.05) is 6.61 Å². The van der Waals surface area contributed by atoms with Gasteiger partial charge in [-0.15, -0.1) is 0 Å². The van der Waals surface area contributed by atoms with Crippen LogP contribution in [0, 0.1) is 0 Å². The van der Waals surface area contributed by atoms with Crippen LogP contribution in [0.25, 0.3) is 0 Å². The number of ether oxygens (including phenoxy) is 1. The van der Waals surface area contributed by atoms with Gasteiger partial charge in [-0.3, -0.25) is 4.57 Å². The largest absolute Gasteiger partial charge is 0.492 e. The average Bonchev–Trinajstić information content (AvgIpc) is 2.62. The number of hydrogen-bond acceptors (Lipinski definition) is 3. The van der Waals surface area contributed by atoms with Crippen LogP contribution in [0.4, 0.5) is 0 Å². The predicted octanol–water partition coefficient (Wildman–Crippen LogP) is 0.661. The molecule has 0 radical (unpaired) electrons. The highest BCUT2D eigenvalue weighted by molar-refractivity contribution is 5.20. The molecule has 0 aliphatic heterocycles. The molecule has 0 amide bonds. The molecular formula is C11H13N3O2. The zero-order chi connectivity index (χ0) is 11.4. The highest BCUT2D eigenvalue weighted by Crippen LogP contribution is 2.07. The van der Waals surface area contributed by atoms with E-state index in [2.05, 4.69) is 5.10 Å². The summed E-state index contributed by atoms with van der Waals surface area (Å²) in [7, 11) is 1.67. The van der Waals surface area contributed by atoms with E-state index in [1.165, 1.54) is 15.6 Å². The Morgan fingerprint density at radius 3 is 2.69 bits per heavy atom. The van der Waals surface area contributed by atoms with Crippen molar-refractivity contribution in [3.63, 3.8) is 0 Å². The summed E-state index contributed by atoms with van der Waals surface area (Å²) >= 11 is 0. The van der Waals surface area contributed by atoms with Crippen molar-refractivity contribution >= 4 is 0 Å². The van der Waals surface area contributed by atoms with Crippen molar-refractivity contribution in [1.29, 1.82) is 0 Å². The molecule has 1 aromatic heterocycles. The normalized spacial score (nSPS) is 10.3. The third kappa shape index (κ3) is 2.31. The number of aromatic nitrogens is 3. The van der Waals surface area contributed by atoms with E-state index in [0.717, 1.165) is 5.75 Å². The molecule has 2 rings (SSSR count). The van der Waals surface area contributed by atoms with Gasteiger partial charge in [-0.1, -0.05) is 18.2 Å². The van der Waals surface area contributed by atoms with Crippen LogP contribution < -0.4 is 10.4 Å². The Bertz CT molecular complexity index is 501. The first-order chi connectivity index (χ1) is 7.77. The van der Waals surface area contributed by atoms with Crippen LogP contribution in [0.1, 0.15) is 0 Å². The Labute approximate surface area is 92.9 Å². The molecule has 5 nitrogen and oxygen atoms in total. The number of aryl methyl sites for hydroxylation is 1. The first kappa shape index (κ1) is 10.5. The standard InChI is InChI=1S/C11H13N3O2/c1-13-9-12-14(11(13)15)7-8-16-10-5-3-2-4-6-10/h2-6,9H,7-8H2,1H3. The fourth-order valence-electron chi connectivity index (χ4n) is 1.34. The fraction of sp³-hybridized carbons (Fsp3) is 0.273. The molecule has 0 N–H and O–H groups in total. The monoisotopic (exact) mass is 219 g/mol. The zero-order valence-electron chi connectivity index (χ0n) is 9.04. The molecule has 0 fully saturated rings. The van der Waals surface area contributed by atoms with Crippen LogP contribution in [-0.4, -0.2) is 21.0 Å². The molecule has 1 aromatic carbocycles. The van der Waals surface area contributed by atoms with E-state index in [-0.39, 0.29) is 5.69 Å². The summed E-state index contributed by atoms with van der Waals surface area (Å²) < 4.78 is 8.28. The molecule has 16 heavy (non-hydrogen) atoms. The van der Waals surface area contributed by atoms with Gasteiger partial charge in [0.2, 0.25) is 0 Å². The molecule has 0 saturated carbocycles. The van der Waals surface area contributed by atoms with Crippen LogP contribution in [0.15, 0.2) is 41.5 Å². The Hall–Kier alpha value is -2.04. The number of benzene rings is 1. The van der Waals surface area contributed by atoms with Crippen molar-refractivity contribution < 1.29 is 4.74 Å². The Kier molecular flexibility index (Phi) is 3.05. The molecule has 0 saturated heterocycles. The van der Waals surface area contributed by atoms with Gasteiger partial charge in [0.05, 0.1) is 6.54 Å². The summed E-state index contributed by atoms with van der Waals surface area (Å²) in [5, 5.41) is 3.93. The van der Waals surface area contributed by atoms with E-state index in [9.17, 15) is 4.79 Å². The van der Waals surface area contributed by atoms with Crippen LogP contribution >= 0.6 is 0 Å². The number of para-hydroxylation sites is 1. The van der Waals surface area contributed by atoms with E-state index < -0.39 is 0 Å². The van der Waals surface area contributed by atoms with Gasteiger partial charge in [0.25, 0.3) is 0 Å². The first-order valence-corrected chi connectivity index (χ1v) is 5.03. The lowest BCUT2D eigenvalue weighted by Gasteiger charge is -2.04. The van der Waals surface area contributed by atoms with Crippen LogP contribution in [0.5, 0.6) is 5.75 Å². The molecular weight excluding hydrogens is 206 g/mol. The highest BCUT2D eigenvalue weighted by atomic mass is 16.5. The van der Waals surface area contributed by atoms with E-state index in [4.69, 9.17) is 4.74 Å². The SMILES string of the molecule is Cn1cnn(CCOc2ccccc2)c1=O. The molecule has 0 aliphatic rings. The quantitative estimate of drug-likeness (QED) is 0.759. The van der Waals surface area contributed by atoms with Crippen LogP contribution in [0.3, 0.4) is 0 Å². The molecule has 5 heteroatoms. The van der Waals surface area contributed by atoms with Gasteiger partial charge in [-0.25, -0.2) is 9.48 Å². The lowest BCUT2D eigenvalue weighted by molar-refractivity contribution is 0.288. The minimum Gasteiger partial charge on any atom is -0.492 e. The Balaban J connectivity index is 1.90. The fourth-order valence-corrected chi connectivity index (χ4v) is 1.34. The van der Waals surface area contributed by atoms with Gasteiger partial charge < -0.3 is 4.74 Å². The molecule has 0 spiro atoms. The van der Waals surface area contributed by atoms with Gasteiger partial charge in [-0.05, 0) is 12.1 Å². The van der Waals surface area contributed by atoms with Crippen LogP contribution in [-0.2, 0) is 13.6 Å². The summed E-state index contributed by atoms with van der Waals surface area (Å²) in [5.74, 6) is 0.798.